The number of hydrogen-bond acceptors (Lipinski definition) is 3. The molecule has 0 radical (unpaired) electrons. The van der Waals surface area contributed by atoms with Gasteiger partial charge in [-0.3, -0.25) is 0 Å². The largest absolute Gasteiger partial charge is 0.459 e. The van der Waals surface area contributed by atoms with Gasteiger partial charge in [-0.2, -0.15) is 0 Å². The number of aliphatic hydroxyl groups excluding tert-OH is 1. The van der Waals surface area contributed by atoms with Crippen LogP contribution in [-0.4, -0.2) is 23.8 Å². The minimum atomic E-state index is -0.343. The number of fused-ring (bicyclic) bond motifs is 1. The molecule has 122 valence electrons. The van der Waals surface area contributed by atoms with E-state index in [9.17, 15) is 9.18 Å². The van der Waals surface area contributed by atoms with E-state index >= 15 is 0 Å². The van der Waals surface area contributed by atoms with Gasteiger partial charge >= 0.3 is 6.03 Å². The molecule has 2 aromatic rings. The molecule has 2 amide bonds. The van der Waals surface area contributed by atoms with Gasteiger partial charge in [0.2, 0.25) is 0 Å². The molecule has 1 aliphatic carbocycles. The average Bonchev–Trinajstić information content (AvgIpc) is 3.12. The SMILES string of the molecule is C[C@H](NC(=O)N[C@@H]1C=C[C@H](CO)C1)c1cc2cc(F)ccc2o1. The van der Waals surface area contributed by atoms with Crippen molar-refractivity contribution in [3.63, 3.8) is 0 Å². The minimum absolute atomic E-state index is 0.0795. The zero-order valence-corrected chi connectivity index (χ0v) is 12.8. The number of nitrogens with one attached hydrogen (secondary N) is 2. The second kappa shape index (κ2) is 6.42. The van der Waals surface area contributed by atoms with Crippen molar-refractivity contribution in [3.05, 3.63) is 48.0 Å². The predicted molar refractivity (Wildman–Crippen MR) is 84.4 cm³/mol. The van der Waals surface area contributed by atoms with Crippen LogP contribution in [0.15, 0.2) is 40.8 Å². The maximum atomic E-state index is 13.2. The van der Waals surface area contributed by atoms with E-state index in [1.807, 2.05) is 12.2 Å². The van der Waals surface area contributed by atoms with Crippen molar-refractivity contribution in [1.29, 1.82) is 0 Å². The first-order valence-corrected chi connectivity index (χ1v) is 7.60. The van der Waals surface area contributed by atoms with Crippen molar-refractivity contribution in [2.24, 2.45) is 5.92 Å². The van der Waals surface area contributed by atoms with E-state index in [0.29, 0.717) is 23.2 Å². The third-order valence-corrected chi connectivity index (χ3v) is 4.00. The molecular weight excluding hydrogens is 299 g/mol. The summed E-state index contributed by atoms with van der Waals surface area (Å²) in [6, 6.07) is 5.30. The third-order valence-electron chi connectivity index (χ3n) is 4.00. The zero-order valence-electron chi connectivity index (χ0n) is 12.8. The van der Waals surface area contributed by atoms with Crippen molar-refractivity contribution in [1.82, 2.24) is 10.6 Å². The molecule has 0 bridgehead atoms. The zero-order chi connectivity index (χ0) is 16.4. The number of halogens is 1. The van der Waals surface area contributed by atoms with Crippen molar-refractivity contribution < 1.29 is 18.7 Å². The Morgan fingerprint density at radius 3 is 3.00 bits per heavy atom. The topological polar surface area (TPSA) is 74.5 Å². The number of benzene rings is 1. The summed E-state index contributed by atoms with van der Waals surface area (Å²) in [4.78, 5) is 12.0. The molecule has 1 aromatic carbocycles. The number of hydrogen-bond donors (Lipinski definition) is 3. The lowest BCUT2D eigenvalue weighted by Gasteiger charge is -2.16. The van der Waals surface area contributed by atoms with E-state index in [1.165, 1.54) is 12.1 Å². The standard InChI is InChI=1S/C17H19FN2O3/c1-10(16-8-12-7-13(18)3-5-15(12)23-16)19-17(22)20-14-4-2-11(6-14)9-21/h2-5,7-8,10-11,14,21H,6,9H2,1H3,(H2,19,20,22)/t10-,11-,14+/m0/s1. The molecule has 3 N–H and O–H groups in total. The smallest absolute Gasteiger partial charge is 0.315 e. The Balaban J connectivity index is 1.60. The molecular formula is C17H19FN2O3. The molecule has 6 heteroatoms. The summed E-state index contributed by atoms with van der Waals surface area (Å²) in [7, 11) is 0. The Morgan fingerprint density at radius 2 is 2.26 bits per heavy atom. The number of amides is 2. The first-order chi connectivity index (χ1) is 11.0. The van der Waals surface area contributed by atoms with E-state index in [0.717, 1.165) is 0 Å². The lowest BCUT2D eigenvalue weighted by molar-refractivity contribution is 0.228. The van der Waals surface area contributed by atoms with Crippen LogP contribution in [0.2, 0.25) is 0 Å². The summed E-state index contributed by atoms with van der Waals surface area (Å²) in [6.07, 6.45) is 4.49. The lowest BCUT2D eigenvalue weighted by atomic mass is 10.1. The Bertz CT molecular complexity index is 741. The summed E-state index contributed by atoms with van der Waals surface area (Å²) >= 11 is 0. The highest BCUT2D eigenvalue weighted by Gasteiger charge is 2.21. The second-order valence-electron chi connectivity index (χ2n) is 5.84. The Kier molecular flexibility index (Phi) is 4.34. The van der Waals surface area contributed by atoms with Gasteiger partial charge in [-0.1, -0.05) is 12.2 Å². The minimum Gasteiger partial charge on any atom is -0.459 e. The second-order valence-corrected chi connectivity index (χ2v) is 5.84. The molecule has 1 aromatic heterocycles. The van der Waals surface area contributed by atoms with Gasteiger partial charge in [-0.05, 0) is 37.6 Å². The highest BCUT2D eigenvalue weighted by Crippen LogP contribution is 2.24. The summed E-state index contributed by atoms with van der Waals surface area (Å²) in [5.74, 6) is 0.341. The van der Waals surface area contributed by atoms with Crippen molar-refractivity contribution in [2.45, 2.75) is 25.4 Å². The van der Waals surface area contributed by atoms with E-state index in [-0.39, 0.29) is 36.5 Å². The van der Waals surface area contributed by atoms with Crippen molar-refractivity contribution >= 4 is 17.0 Å². The molecule has 0 spiro atoms. The Morgan fingerprint density at radius 1 is 1.43 bits per heavy atom. The van der Waals surface area contributed by atoms with Gasteiger partial charge in [0.05, 0.1) is 6.04 Å². The summed E-state index contributed by atoms with van der Waals surface area (Å²) in [5.41, 5.74) is 0.583. The predicted octanol–water partition coefficient (Wildman–Crippen LogP) is 2.87. The maximum absolute atomic E-state index is 13.2. The van der Waals surface area contributed by atoms with Crippen molar-refractivity contribution in [2.75, 3.05) is 6.61 Å². The van der Waals surface area contributed by atoms with Crippen molar-refractivity contribution in [3.8, 4) is 0 Å². The molecule has 1 aliphatic rings. The van der Waals surface area contributed by atoms with Gasteiger partial charge < -0.3 is 20.2 Å². The van der Waals surface area contributed by atoms with Crippen LogP contribution in [0.1, 0.15) is 25.1 Å². The summed E-state index contributed by atoms with van der Waals surface area (Å²) in [6.45, 7) is 1.89. The first kappa shape index (κ1) is 15.6. The number of carbonyl (C=O) groups excluding carboxylic acids is 1. The Hall–Kier alpha value is -2.34. The van der Waals surface area contributed by atoms with Crippen LogP contribution in [0.5, 0.6) is 0 Å². The van der Waals surface area contributed by atoms with Gasteiger partial charge in [0.25, 0.3) is 0 Å². The Labute approximate surface area is 133 Å². The molecule has 0 saturated heterocycles. The van der Waals surface area contributed by atoms with Crippen LogP contribution in [-0.2, 0) is 0 Å². The van der Waals surface area contributed by atoms with E-state index in [4.69, 9.17) is 9.52 Å². The molecule has 0 aliphatic heterocycles. The fraction of sp³-hybridized carbons (Fsp3) is 0.353. The van der Waals surface area contributed by atoms with Crippen LogP contribution < -0.4 is 10.6 Å². The molecule has 0 fully saturated rings. The fourth-order valence-corrected chi connectivity index (χ4v) is 2.74. The third kappa shape index (κ3) is 3.53. The average molecular weight is 318 g/mol. The van der Waals surface area contributed by atoms with E-state index < -0.39 is 0 Å². The monoisotopic (exact) mass is 318 g/mol. The highest BCUT2D eigenvalue weighted by atomic mass is 19.1. The first-order valence-electron chi connectivity index (χ1n) is 7.60. The maximum Gasteiger partial charge on any atom is 0.315 e. The van der Waals surface area contributed by atoms with E-state index in [1.54, 1.807) is 19.1 Å². The quantitative estimate of drug-likeness (QED) is 0.759. The molecule has 1 heterocycles. The number of furan rings is 1. The lowest BCUT2D eigenvalue weighted by Crippen LogP contribution is -2.41. The molecule has 0 saturated carbocycles. The van der Waals surface area contributed by atoms with Gasteiger partial charge in [0.1, 0.15) is 17.2 Å². The van der Waals surface area contributed by atoms with Gasteiger partial charge in [-0.25, -0.2) is 9.18 Å². The summed E-state index contributed by atoms with van der Waals surface area (Å²) in [5, 5.41) is 15.4. The van der Waals surface area contributed by atoms with Crippen LogP contribution in [0.3, 0.4) is 0 Å². The fourth-order valence-electron chi connectivity index (χ4n) is 2.74. The van der Waals surface area contributed by atoms with Crippen LogP contribution in [0, 0.1) is 11.7 Å². The van der Waals surface area contributed by atoms with Gasteiger partial charge in [0.15, 0.2) is 0 Å². The van der Waals surface area contributed by atoms with Gasteiger partial charge in [-0.15, -0.1) is 0 Å². The highest BCUT2D eigenvalue weighted by molar-refractivity contribution is 5.79. The number of aliphatic hydroxyl groups is 1. The molecule has 23 heavy (non-hydrogen) atoms. The number of carbonyl (C=O) groups is 1. The van der Waals surface area contributed by atoms with Crippen LogP contribution in [0.25, 0.3) is 11.0 Å². The molecule has 0 unspecified atom stereocenters. The van der Waals surface area contributed by atoms with Gasteiger partial charge in [0, 0.05) is 24.0 Å². The number of rotatable bonds is 4. The number of urea groups is 1. The normalized spacial score (nSPS) is 21.5. The molecule has 5 nitrogen and oxygen atoms in total. The van der Waals surface area contributed by atoms with Crippen LogP contribution >= 0.6 is 0 Å². The summed E-state index contributed by atoms with van der Waals surface area (Å²) < 4.78 is 18.8. The molecule has 3 atom stereocenters. The molecule has 3 rings (SSSR count). The van der Waals surface area contributed by atoms with Crippen LogP contribution in [0.4, 0.5) is 9.18 Å². The van der Waals surface area contributed by atoms with E-state index in [2.05, 4.69) is 10.6 Å².